The highest BCUT2D eigenvalue weighted by Crippen LogP contribution is 2.34. The summed E-state index contributed by atoms with van der Waals surface area (Å²) in [7, 11) is -0.232. The van der Waals surface area contributed by atoms with Gasteiger partial charge in [-0.25, -0.2) is 0 Å². The quantitative estimate of drug-likeness (QED) is 0.392. The van der Waals surface area contributed by atoms with E-state index in [4.69, 9.17) is 9.31 Å². The molecule has 0 N–H and O–H groups in total. The highest BCUT2D eigenvalue weighted by atomic mass is 16.6. The van der Waals surface area contributed by atoms with Gasteiger partial charge in [0.05, 0.1) is 13.2 Å². The fraction of sp³-hybridized carbons (Fsp3) is 0.100. The Hall–Kier alpha value is -2.36. The van der Waals surface area contributed by atoms with Gasteiger partial charge in [-0.1, -0.05) is 66.7 Å². The van der Waals surface area contributed by atoms with Crippen molar-refractivity contribution in [3.05, 3.63) is 66.7 Å². The summed E-state index contributed by atoms with van der Waals surface area (Å²) in [4.78, 5) is 0. The minimum absolute atomic E-state index is 0.232. The molecule has 0 atom stereocenters. The van der Waals surface area contributed by atoms with E-state index in [0.717, 1.165) is 5.46 Å². The first kappa shape index (κ1) is 13.1. The van der Waals surface area contributed by atoms with Gasteiger partial charge in [0.15, 0.2) is 0 Å². The highest BCUT2D eigenvalue weighted by molar-refractivity contribution is 6.62. The molecule has 23 heavy (non-hydrogen) atoms. The van der Waals surface area contributed by atoms with Crippen molar-refractivity contribution in [1.29, 1.82) is 0 Å². The molecule has 1 aliphatic heterocycles. The lowest BCUT2D eigenvalue weighted by Gasteiger charge is -2.12. The predicted molar refractivity (Wildman–Crippen MR) is 96.3 cm³/mol. The van der Waals surface area contributed by atoms with Gasteiger partial charge in [-0.15, -0.1) is 0 Å². The minimum Gasteiger partial charge on any atom is -0.405 e. The minimum atomic E-state index is -0.232. The van der Waals surface area contributed by atoms with Crippen LogP contribution in [0.25, 0.3) is 32.3 Å². The van der Waals surface area contributed by atoms with Crippen LogP contribution in [-0.2, 0) is 9.31 Å². The van der Waals surface area contributed by atoms with Crippen LogP contribution in [0.1, 0.15) is 0 Å². The predicted octanol–water partition coefficient (Wildman–Crippen LogP) is 3.89. The monoisotopic (exact) mass is 298 g/mol. The van der Waals surface area contributed by atoms with Gasteiger partial charge < -0.3 is 9.31 Å². The van der Waals surface area contributed by atoms with Crippen LogP contribution in [0.2, 0.25) is 0 Å². The largest absolute Gasteiger partial charge is 0.494 e. The number of rotatable bonds is 1. The Morgan fingerprint density at radius 3 is 1.61 bits per heavy atom. The van der Waals surface area contributed by atoms with Crippen LogP contribution in [0.3, 0.4) is 0 Å². The van der Waals surface area contributed by atoms with E-state index in [1.165, 1.54) is 32.3 Å². The molecule has 0 bridgehead atoms. The summed E-state index contributed by atoms with van der Waals surface area (Å²) in [5.41, 5.74) is 1.09. The molecule has 1 fully saturated rings. The van der Waals surface area contributed by atoms with Crippen molar-refractivity contribution in [3.8, 4) is 0 Å². The number of hydrogen-bond acceptors (Lipinski definition) is 2. The molecule has 0 saturated carbocycles. The molecule has 1 heterocycles. The highest BCUT2D eigenvalue weighted by Gasteiger charge is 2.26. The molecule has 110 valence electrons. The van der Waals surface area contributed by atoms with E-state index in [-0.39, 0.29) is 7.12 Å². The molecule has 4 aromatic rings. The van der Waals surface area contributed by atoms with Crippen molar-refractivity contribution in [3.63, 3.8) is 0 Å². The second kappa shape index (κ2) is 5.09. The van der Waals surface area contributed by atoms with E-state index >= 15 is 0 Å². The van der Waals surface area contributed by atoms with E-state index < -0.39 is 0 Å². The third-order valence-corrected chi connectivity index (χ3v) is 4.66. The standard InChI is InChI=1S/C20H15BO2/c1-2-7-17-15(5-1)16-6-3-4-8-18(16)20-13-14(9-10-19(17)20)21-22-11-12-23-21/h1-10,13H,11-12H2. The van der Waals surface area contributed by atoms with Gasteiger partial charge in [-0.3, -0.25) is 0 Å². The summed E-state index contributed by atoms with van der Waals surface area (Å²) in [6.07, 6.45) is 0. The SMILES string of the molecule is c1ccc2c(c1)c1ccccc1c1cc(B3OCCO3)ccc21. The van der Waals surface area contributed by atoms with E-state index in [2.05, 4.69) is 66.7 Å². The molecule has 1 saturated heterocycles. The lowest BCUT2D eigenvalue weighted by Crippen LogP contribution is -2.31. The van der Waals surface area contributed by atoms with Gasteiger partial charge in [0.1, 0.15) is 0 Å². The lowest BCUT2D eigenvalue weighted by atomic mass is 9.77. The van der Waals surface area contributed by atoms with E-state index in [1.807, 2.05) is 0 Å². The number of fused-ring (bicyclic) bond motifs is 6. The zero-order valence-electron chi connectivity index (χ0n) is 12.7. The molecule has 1 aliphatic rings. The van der Waals surface area contributed by atoms with Crippen molar-refractivity contribution in [2.75, 3.05) is 13.2 Å². The van der Waals surface area contributed by atoms with Crippen LogP contribution in [0.15, 0.2) is 66.7 Å². The summed E-state index contributed by atoms with van der Waals surface area (Å²) in [6.45, 7) is 1.34. The van der Waals surface area contributed by atoms with Crippen molar-refractivity contribution >= 4 is 44.9 Å². The summed E-state index contributed by atoms with van der Waals surface area (Å²) in [5, 5.41) is 7.71. The van der Waals surface area contributed by atoms with Gasteiger partial charge in [-0.2, -0.15) is 0 Å². The van der Waals surface area contributed by atoms with Gasteiger partial charge >= 0.3 is 7.12 Å². The van der Waals surface area contributed by atoms with Crippen LogP contribution in [-0.4, -0.2) is 20.3 Å². The van der Waals surface area contributed by atoms with E-state index in [1.54, 1.807) is 0 Å². The normalized spacial score (nSPS) is 15.0. The molecular weight excluding hydrogens is 283 g/mol. The second-order valence-corrected chi connectivity index (χ2v) is 5.97. The maximum atomic E-state index is 5.67. The summed E-state index contributed by atoms with van der Waals surface area (Å²) in [6, 6.07) is 23.8. The first-order valence-corrected chi connectivity index (χ1v) is 7.98. The van der Waals surface area contributed by atoms with Crippen molar-refractivity contribution in [2.24, 2.45) is 0 Å². The van der Waals surface area contributed by atoms with Gasteiger partial charge in [-0.05, 0) is 37.8 Å². The molecule has 0 amide bonds. The van der Waals surface area contributed by atoms with Crippen LogP contribution in [0.5, 0.6) is 0 Å². The second-order valence-electron chi connectivity index (χ2n) is 5.97. The molecule has 0 radical (unpaired) electrons. The molecule has 0 aliphatic carbocycles. The Morgan fingerprint density at radius 1 is 0.565 bits per heavy atom. The number of benzene rings is 4. The fourth-order valence-corrected chi connectivity index (χ4v) is 3.62. The summed E-state index contributed by atoms with van der Waals surface area (Å²) >= 11 is 0. The van der Waals surface area contributed by atoms with Gasteiger partial charge in [0, 0.05) is 0 Å². The zero-order chi connectivity index (χ0) is 15.2. The molecule has 0 unspecified atom stereocenters. The van der Waals surface area contributed by atoms with Crippen LogP contribution < -0.4 is 5.46 Å². The van der Waals surface area contributed by atoms with E-state index in [0.29, 0.717) is 13.2 Å². The molecule has 0 aromatic heterocycles. The average Bonchev–Trinajstić information content (AvgIpc) is 3.16. The van der Waals surface area contributed by atoms with Crippen molar-refractivity contribution in [1.82, 2.24) is 0 Å². The Kier molecular flexibility index (Phi) is 2.90. The van der Waals surface area contributed by atoms with Gasteiger partial charge in [0.2, 0.25) is 0 Å². The van der Waals surface area contributed by atoms with Crippen LogP contribution in [0, 0.1) is 0 Å². The topological polar surface area (TPSA) is 18.5 Å². The Balaban J connectivity index is 1.92. The first-order chi connectivity index (χ1) is 11.4. The van der Waals surface area contributed by atoms with Crippen molar-refractivity contribution in [2.45, 2.75) is 0 Å². The Labute approximate surface area is 134 Å². The average molecular weight is 298 g/mol. The Morgan fingerprint density at radius 2 is 1.04 bits per heavy atom. The molecule has 5 rings (SSSR count). The summed E-state index contributed by atoms with van der Waals surface area (Å²) in [5.74, 6) is 0. The zero-order valence-corrected chi connectivity index (χ0v) is 12.7. The first-order valence-electron chi connectivity index (χ1n) is 7.98. The lowest BCUT2D eigenvalue weighted by molar-refractivity contribution is 0.365. The molecule has 2 nitrogen and oxygen atoms in total. The third-order valence-electron chi connectivity index (χ3n) is 4.66. The van der Waals surface area contributed by atoms with Crippen LogP contribution in [0.4, 0.5) is 0 Å². The van der Waals surface area contributed by atoms with Gasteiger partial charge in [0.25, 0.3) is 0 Å². The maximum Gasteiger partial charge on any atom is 0.494 e. The maximum absolute atomic E-state index is 5.67. The Bertz CT molecular complexity index is 1000. The molecule has 3 heteroatoms. The smallest absolute Gasteiger partial charge is 0.405 e. The number of hydrogen-bond donors (Lipinski definition) is 0. The fourth-order valence-electron chi connectivity index (χ4n) is 3.62. The molecule has 0 spiro atoms. The van der Waals surface area contributed by atoms with Crippen LogP contribution >= 0.6 is 0 Å². The van der Waals surface area contributed by atoms with E-state index in [9.17, 15) is 0 Å². The summed E-state index contributed by atoms with van der Waals surface area (Å²) < 4.78 is 11.3. The third kappa shape index (κ3) is 1.98. The molecule has 4 aromatic carbocycles. The molecular formula is C20H15BO2. The van der Waals surface area contributed by atoms with Crippen molar-refractivity contribution < 1.29 is 9.31 Å².